The number of rotatable bonds is 2. The van der Waals surface area contributed by atoms with Gasteiger partial charge in [0.1, 0.15) is 5.82 Å². The van der Waals surface area contributed by atoms with Crippen LogP contribution in [0.1, 0.15) is 10.4 Å². The van der Waals surface area contributed by atoms with Crippen molar-refractivity contribution in [2.75, 3.05) is 0 Å². The number of hydrogen-bond acceptors (Lipinski definition) is 3. The van der Waals surface area contributed by atoms with E-state index in [2.05, 4.69) is 10.2 Å². The lowest BCUT2D eigenvalue weighted by Gasteiger charge is -1.96. The molecular formula is C16H12FN3O2. The number of fused-ring (bicyclic) bond motifs is 1. The molecule has 0 bridgehead atoms. The molecule has 6 heteroatoms. The zero-order valence-electron chi connectivity index (χ0n) is 11.7. The van der Waals surface area contributed by atoms with Crippen LogP contribution in [0.4, 0.5) is 10.1 Å². The molecule has 1 N–H and O–H groups in total. The third-order valence-electron chi connectivity index (χ3n) is 3.40. The van der Waals surface area contributed by atoms with Gasteiger partial charge in [-0.2, -0.15) is 0 Å². The number of benzene rings is 2. The lowest BCUT2D eigenvalue weighted by molar-refractivity contribution is 0.0991. The number of nitrogens with zero attached hydrogens (tertiary/aromatic N) is 3. The quantitative estimate of drug-likeness (QED) is 0.728. The molecule has 3 rings (SSSR count). The first-order valence-corrected chi connectivity index (χ1v) is 6.56. The molecule has 0 fully saturated rings. The molecular weight excluding hydrogens is 285 g/mol. The molecule has 0 spiro atoms. The van der Waals surface area contributed by atoms with E-state index in [9.17, 15) is 14.3 Å². The average molecular weight is 297 g/mol. The highest BCUT2D eigenvalue weighted by Gasteiger charge is 2.15. The summed E-state index contributed by atoms with van der Waals surface area (Å²) in [5.74, 6) is -1.56. The molecule has 0 unspecified atom stereocenters. The summed E-state index contributed by atoms with van der Waals surface area (Å²) >= 11 is 0. The monoisotopic (exact) mass is 297 g/mol. The molecule has 0 saturated carbocycles. The van der Waals surface area contributed by atoms with Crippen LogP contribution in [0, 0.1) is 5.82 Å². The summed E-state index contributed by atoms with van der Waals surface area (Å²) in [6, 6.07) is 12.7. The van der Waals surface area contributed by atoms with Crippen LogP contribution in [-0.2, 0) is 7.05 Å². The van der Waals surface area contributed by atoms with Crippen LogP contribution in [-0.4, -0.2) is 15.6 Å². The fourth-order valence-corrected chi connectivity index (χ4v) is 2.24. The highest BCUT2D eigenvalue weighted by molar-refractivity contribution is 5.97. The number of carbonyl (C=O) groups is 1. The van der Waals surface area contributed by atoms with Crippen molar-refractivity contribution in [3.8, 4) is 5.88 Å². The van der Waals surface area contributed by atoms with Crippen LogP contribution in [0.3, 0.4) is 0 Å². The molecule has 5 nitrogen and oxygen atoms in total. The van der Waals surface area contributed by atoms with Gasteiger partial charge in [0.15, 0.2) is 5.69 Å². The zero-order chi connectivity index (χ0) is 15.7. The molecule has 2 aromatic carbocycles. The van der Waals surface area contributed by atoms with Crippen LogP contribution >= 0.6 is 0 Å². The van der Waals surface area contributed by atoms with Crippen molar-refractivity contribution in [1.29, 1.82) is 0 Å². The number of azo groups is 1. The van der Waals surface area contributed by atoms with Crippen molar-refractivity contribution in [2.45, 2.75) is 0 Å². The second-order valence-electron chi connectivity index (χ2n) is 4.73. The van der Waals surface area contributed by atoms with Crippen LogP contribution in [0.5, 0.6) is 5.88 Å². The number of carbonyl (C=O) groups excluding carboxylic acids is 1. The Kier molecular flexibility index (Phi) is 3.42. The highest BCUT2D eigenvalue weighted by Crippen LogP contribution is 2.37. The second kappa shape index (κ2) is 5.40. The van der Waals surface area contributed by atoms with Gasteiger partial charge in [0.2, 0.25) is 5.88 Å². The van der Waals surface area contributed by atoms with E-state index in [0.29, 0.717) is 5.39 Å². The molecule has 1 amide bonds. The molecule has 22 heavy (non-hydrogen) atoms. The van der Waals surface area contributed by atoms with Crippen molar-refractivity contribution < 1.29 is 14.3 Å². The van der Waals surface area contributed by atoms with Crippen LogP contribution in [0.15, 0.2) is 58.8 Å². The fraction of sp³-hybridized carbons (Fsp3) is 0.0625. The number of amides is 1. The van der Waals surface area contributed by atoms with Gasteiger partial charge < -0.3 is 9.67 Å². The lowest BCUT2D eigenvalue weighted by Crippen LogP contribution is -1.97. The van der Waals surface area contributed by atoms with Crippen molar-refractivity contribution in [2.24, 2.45) is 17.3 Å². The summed E-state index contributed by atoms with van der Waals surface area (Å²) in [5, 5.41) is 18.1. The predicted molar refractivity (Wildman–Crippen MR) is 79.8 cm³/mol. The largest absolute Gasteiger partial charge is 0.493 e. The number of halogens is 1. The normalized spacial score (nSPS) is 11.4. The summed E-state index contributed by atoms with van der Waals surface area (Å²) in [7, 11) is 1.68. The molecule has 3 aromatic rings. The van der Waals surface area contributed by atoms with Gasteiger partial charge in [0.25, 0.3) is 5.91 Å². The van der Waals surface area contributed by atoms with E-state index in [0.717, 1.165) is 5.52 Å². The Hall–Kier alpha value is -3.02. The molecule has 0 radical (unpaired) electrons. The fourth-order valence-electron chi connectivity index (χ4n) is 2.24. The highest BCUT2D eigenvalue weighted by atomic mass is 19.1. The Morgan fingerprint density at radius 1 is 1.14 bits per heavy atom. The van der Waals surface area contributed by atoms with Crippen molar-refractivity contribution >= 4 is 22.5 Å². The van der Waals surface area contributed by atoms with Crippen LogP contribution < -0.4 is 0 Å². The minimum atomic E-state index is -0.801. The third-order valence-corrected chi connectivity index (χ3v) is 3.40. The third kappa shape index (κ3) is 2.24. The summed E-state index contributed by atoms with van der Waals surface area (Å²) < 4.78 is 15.1. The smallest absolute Gasteiger partial charge is 0.298 e. The number of aromatic hydroxyl groups is 1. The van der Waals surface area contributed by atoms with Crippen molar-refractivity contribution in [3.05, 3.63) is 59.9 Å². The van der Waals surface area contributed by atoms with Crippen LogP contribution in [0.25, 0.3) is 10.9 Å². The van der Waals surface area contributed by atoms with E-state index in [-0.39, 0.29) is 17.1 Å². The minimum Gasteiger partial charge on any atom is -0.493 e. The molecule has 0 aliphatic carbocycles. The molecule has 1 aromatic heterocycles. The van der Waals surface area contributed by atoms with E-state index in [1.54, 1.807) is 25.2 Å². The summed E-state index contributed by atoms with van der Waals surface area (Å²) in [6.07, 6.45) is 0. The molecule has 0 saturated heterocycles. The lowest BCUT2D eigenvalue weighted by atomic mass is 10.2. The first-order chi connectivity index (χ1) is 10.6. The zero-order valence-corrected chi connectivity index (χ0v) is 11.7. The number of aromatic nitrogens is 1. The topological polar surface area (TPSA) is 66.9 Å². The Bertz CT molecular complexity index is 900. The van der Waals surface area contributed by atoms with E-state index < -0.39 is 11.7 Å². The Morgan fingerprint density at radius 3 is 2.59 bits per heavy atom. The first kappa shape index (κ1) is 13.9. The molecule has 110 valence electrons. The predicted octanol–water partition coefficient (Wildman–Crippen LogP) is 3.95. The van der Waals surface area contributed by atoms with E-state index in [1.165, 1.54) is 22.8 Å². The number of hydrogen-bond donors (Lipinski definition) is 1. The molecule has 0 atom stereocenters. The van der Waals surface area contributed by atoms with Crippen molar-refractivity contribution in [1.82, 2.24) is 4.57 Å². The number of aryl methyl sites for hydroxylation is 1. The molecule has 0 aliphatic heterocycles. The van der Waals surface area contributed by atoms with Gasteiger partial charge in [-0.1, -0.05) is 30.3 Å². The average Bonchev–Trinajstić information content (AvgIpc) is 2.77. The van der Waals surface area contributed by atoms with E-state index in [4.69, 9.17) is 0 Å². The molecule has 1 heterocycles. The maximum absolute atomic E-state index is 13.5. The van der Waals surface area contributed by atoms with Gasteiger partial charge in [-0.15, -0.1) is 10.2 Å². The van der Waals surface area contributed by atoms with E-state index >= 15 is 0 Å². The Balaban J connectivity index is 2.02. The Labute approximate surface area is 125 Å². The number of para-hydroxylation sites is 1. The van der Waals surface area contributed by atoms with Crippen LogP contribution in [0.2, 0.25) is 0 Å². The Morgan fingerprint density at radius 2 is 1.82 bits per heavy atom. The van der Waals surface area contributed by atoms with Crippen molar-refractivity contribution in [3.63, 3.8) is 0 Å². The summed E-state index contributed by atoms with van der Waals surface area (Å²) in [5.41, 5.74) is 0.779. The maximum atomic E-state index is 13.5. The second-order valence-corrected chi connectivity index (χ2v) is 4.73. The maximum Gasteiger partial charge on any atom is 0.298 e. The minimum absolute atomic E-state index is 0.105. The van der Waals surface area contributed by atoms with Gasteiger partial charge >= 0.3 is 0 Å². The van der Waals surface area contributed by atoms with Gasteiger partial charge in [0, 0.05) is 12.4 Å². The summed E-state index contributed by atoms with van der Waals surface area (Å²) in [4.78, 5) is 11.9. The molecule has 0 aliphatic rings. The van der Waals surface area contributed by atoms with Gasteiger partial charge in [0.05, 0.1) is 11.1 Å². The SMILES string of the molecule is Cn1c(O)c(N=NC(=O)c2ccccc2F)c2ccccc21. The first-order valence-electron chi connectivity index (χ1n) is 6.56. The standard InChI is InChI=1S/C16H12FN3O2/c1-20-13-9-5-3-7-11(13)14(16(20)22)18-19-15(21)10-6-2-4-8-12(10)17/h2-9,22H,1H3. The van der Waals surface area contributed by atoms with Gasteiger partial charge in [-0.05, 0) is 18.2 Å². The van der Waals surface area contributed by atoms with Gasteiger partial charge in [-0.25, -0.2) is 4.39 Å². The van der Waals surface area contributed by atoms with E-state index in [1.807, 2.05) is 12.1 Å². The summed E-state index contributed by atoms with van der Waals surface area (Å²) in [6.45, 7) is 0. The van der Waals surface area contributed by atoms with Gasteiger partial charge in [-0.3, -0.25) is 4.79 Å².